The highest BCUT2D eigenvalue weighted by Gasteiger charge is 2.44. The smallest absolute Gasteiger partial charge is 0.0642 e. The maximum Gasteiger partial charge on any atom is 0.0642 e. The standard InChI is InChI=1S/C17H34N2S/c1-4-7-10-15-18-13-14-19(15)17(12-9-6-3)20-16(18)11-8-5-2/h15-17H,4-14H2,1-3H3. The van der Waals surface area contributed by atoms with E-state index in [4.69, 9.17) is 0 Å². The SMILES string of the molecule is CCCCC1SC(CCCC)N2CCN1C2CCCC. The summed E-state index contributed by atoms with van der Waals surface area (Å²) in [5.74, 6) is 0. The van der Waals surface area contributed by atoms with Gasteiger partial charge in [0.15, 0.2) is 0 Å². The van der Waals surface area contributed by atoms with Gasteiger partial charge in [-0.15, -0.1) is 11.8 Å². The Hall–Kier alpha value is 0.270. The first-order valence-corrected chi connectivity index (χ1v) is 9.93. The quantitative estimate of drug-likeness (QED) is 0.598. The third-order valence-electron chi connectivity index (χ3n) is 4.86. The molecule has 2 rings (SSSR count). The summed E-state index contributed by atoms with van der Waals surface area (Å²) in [6, 6.07) is 0. The highest BCUT2D eigenvalue weighted by molar-refractivity contribution is 8.00. The van der Waals surface area contributed by atoms with Crippen molar-refractivity contribution in [1.82, 2.24) is 9.80 Å². The minimum Gasteiger partial charge on any atom is -0.274 e. The van der Waals surface area contributed by atoms with Crippen LogP contribution in [0.15, 0.2) is 0 Å². The Labute approximate surface area is 130 Å². The third-order valence-corrected chi connectivity index (χ3v) is 6.50. The lowest BCUT2D eigenvalue weighted by molar-refractivity contribution is 0.0851. The van der Waals surface area contributed by atoms with Gasteiger partial charge in [0.25, 0.3) is 0 Å². The van der Waals surface area contributed by atoms with Crippen LogP contribution < -0.4 is 0 Å². The molecule has 0 saturated carbocycles. The molecule has 2 bridgehead atoms. The zero-order chi connectivity index (χ0) is 14.4. The normalized spacial score (nSPS) is 36.5. The van der Waals surface area contributed by atoms with Gasteiger partial charge < -0.3 is 0 Å². The molecule has 4 atom stereocenters. The Morgan fingerprint density at radius 2 is 1.20 bits per heavy atom. The van der Waals surface area contributed by atoms with Gasteiger partial charge in [0.1, 0.15) is 0 Å². The van der Waals surface area contributed by atoms with Gasteiger partial charge in [-0.1, -0.05) is 59.3 Å². The minimum absolute atomic E-state index is 0.764. The fourth-order valence-corrected chi connectivity index (χ4v) is 5.45. The second-order valence-electron chi connectivity index (χ2n) is 6.43. The lowest BCUT2D eigenvalue weighted by Crippen LogP contribution is -2.51. The van der Waals surface area contributed by atoms with Gasteiger partial charge in [-0.25, -0.2) is 0 Å². The molecule has 0 radical (unpaired) electrons. The van der Waals surface area contributed by atoms with E-state index in [0.717, 1.165) is 16.9 Å². The van der Waals surface area contributed by atoms with Gasteiger partial charge in [-0.2, -0.15) is 0 Å². The molecule has 0 aromatic heterocycles. The molecule has 2 saturated heterocycles. The van der Waals surface area contributed by atoms with Crippen molar-refractivity contribution in [3.63, 3.8) is 0 Å². The van der Waals surface area contributed by atoms with Crippen LogP contribution in [0.25, 0.3) is 0 Å². The zero-order valence-corrected chi connectivity index (χ0v) is 14.6. The molecule has 0 amide bonds. The number of rotatable bonds is 9. The Bertz CT molecular complexity index is 250. The van der Waals surface area contributed by atoms with Crippen molar-refractivity contribution in [2.45, 2.75) is 95.5 Å². The molecule has 20 heavy (non-hydrogen) atoms. The van der Waals surface area contributed by atoms with Gasteiger partial charge in [-0.05, 0) is 19.3 Å². The van der Waals surface area contributed by atoms with Crippen LogP contribution in [-0.2, 0) is 0 Å². The summed E-state index contributed by atoms with van der Waals surface area (Å²) >= 11 is 2.28. The molecule has 3 heteroatoms. The molecule has 0 aromatic carbocycles. The summed E-state index contributed by atoms with van der Waals surface area (Å²) in [7, 11) is 0. The predicted molar refractivity (Wildman–Crippen MR) is 90.9 cm³/mol. The van der Waals surface area contributed by atoms with Crippen molar-refractivity contribution in [1.29, 1.82) is 0 Å². The van der Waals surface area contributed by atoms with Crippen LogP contribution >= 0.6 is 11.8 Å². The highest BCUT2D eigenvalue weighted by atomic mass is 32.2. The molecule has 0 spiro atoms. The van der Waals surface area contributed by atoms with Crippen LogP contribution in [0, 0.1) is 0 Å². The van der Waals surface area contributed by atoms with Crippen LogP contribution in [-0.4, -0.2) is 39.8 Å². The van der Waals surface area contributed by atoms with E-state index in [1.807, 2.05) is 0 Å². The molecule has 2 nitrogen and oxygen atoms in total. The lowest BCUT2D eigenvalue weighted by Gasteiger charge is -2.45. The van der Waals surface area contributed by atoms with E-state index in [9.17, 15) is 0 Å². The largest absolute Gasteiger partial charge is 0.274 e. The van der Waals surface area contributed by atoms with Gasteiger partial charge >= 0.3 is 0 Å². The molecule has 2 aliphatic rings. The Morgan fingerprint density at radius 1 is 0.750 bits per heavy atom. The van der Waals surface area contributed by atoms with Crippen molar-refractivity contribution < 1.29 is 0 Å². The van der Waals surface area contributed by atoms with E-state index >= 15 is 0 Å². The molecule has 118 valence electrons. The van der Waals surface area contributed by atoms with Crippen LogP contribution in [0.4, 0.5) is 0 Å². The van der Waals surface area contributed by atoms with Gasteiger partial charge in [-0.3, -0.25) is 9.80 Å². The number of unbranched alkanes of at least 4 members (excludes halogenated alkanes) is 3. The Balaban J connectivity index is 2.00. The number of thioether (sulfide) groups is 1. The molecular formula is C17H34N2S. The van der Waals surface area contributed by atoms with Crippen molar-refractivity contribution >= 4 is 11.8 Å². The average molecular weight is 299 g/mol. The molecule has 2 heterocycles. The van der Waals surface area contributed by atoms with Gasteiger partial charge in [0, 0.05) is 13.1 Å². The molecule has 4 unspecified atom stereocenters. The summed E-state index contributed by atoms with van der Waals surface area (Å²) in [5.41, 5.74) is 0. The van der Waals surface area contributed by atoms with Crippen molar-refractivity contribution in [2.24, 2.45) is 0 Å². The molecule has 2 fully saturated rings. The molecule has 0 N–H and O–H groups in total. The maximum atomic E-state index is 2.83. The first-order valence-electron chi connectivity index (χ1n) is 8.98. The second-order valence-corrected chi connectivity index (χ2v) is 7.79. The fourth-order valence-electron chi connectivity index (χ4n) is 3.67. The average Bonchev–Trinajstić information content (AvgIpc) is 2.79. The first-order chi connectivity index (χ1) is 9.81. The van der Waals surface area contributed by atoms with Crippen molar-refractivity contribution in [3.05, 3.63) is 0 Å². The van der Waals surface area contributed by atoms with Crippen molar-refractivity contribution in [2.75, 3.05) is 13.1 Å². The topological polar surface area (TPSA) is 6.48 Å². The van der Waals surface area contributed by atoms with Crippen LogP contribution in [0.1, 0.15) is 78.6 Å². The predicted octanol–water partition coefficient (Wildman–Crippen LogP) is 4.90. The summed E-state index contributed by atoms with van der Waals surface area (Å²) in [6.07, 6.45) is 13.2. The molecule has 0 aliphatic carbocycles. The van der Waals surface area contributed by atoms with Crippen LogP contribution in [0.3, 0.4) is 0 Å². The van der Waals surface area contributed by atoms with E-state index < -0.39 is 0 Å². The highest BCUT2D eigenvalue weighted by Crippen LogP contribution is 2.42. The summed E-state index contributed by atoms with van der Waals surface area (Å²) < 4.78 is 0. The van der Waals surface area contributed by atoms with E-state index in [1.54, 1.807) is 0 Å². The van der Waals surface area contributed by atoms with Crippen LogP contribution in [0.2, 0.25) is 0 Å². The number of nitrogens with zero attached hydrogens (tertiary/aromatic N) is 2. The fraction of sp³-hybridized carbons (Fsp3) is 1.00. The Morgan fingerprint density at radius 3 is 1.65 bits per heavy atom. The molecule has 0 aromatic rings. The Kier molecular flexibility index (Phi) is 7.20. The van der Waals surface area contributed by atoms with Gasteiger partial charge in [0.05, 0.1) is 16.9 Å². The van der Waals surface area contributed by atoms with E-state index in [1.165, 1.54) is 70.9 Å². The summed E-state index contributed by atoms with van der Waals surface area (Å²) in [4.78, 5) is 5.66. The molecule has 2 aliphatic heterocycles. The maximum absolute atomic E-state index is 2.83. The number of hydrogen-bond donors (Lipinski definition) is 0. The minimum atomic E-state index is 0.764. The second kappa shape index (κ2) is 8.65. The monoisotopic (exact) mass is 298 g/mol. The number of fused-ring (bicyclic) bond motifs is 2. The number of hydrogen-bond acceptors (Lipinski definition) is 3. The summed E-state index contributed by atoms with van der Waals surface area (Å²) in [6.45, 7) is 9.61. The summed E-state index contributed by atoms with van der Waals surface area (Å²) in [5, 5.41) is 1.61. The zero-order valence-electron chi connectivity index (χ0n) is 13.8. The van der Waals surface area contributed by atoms with E-state index in [0.29, 0.717) is 0 Å². The van der Waals surface area contributed by atoms with E-state index in [-0.39, 0.29) is 0 Å². The first kappa shape index (κ1) is 16.6. The van der Waals surface area contributed by atoms with E-state index in [2.05, 4.69) is 42.3 Å². The third kappa shape index (κ3) is 3.92. The van der Waals surface area contributed by atoms with Gasteiger partial charge in [0.2, 0.25) is 0 Å². The lowest BCUT2D eigenvalue weighted by atomic mass is 10.1. The van der Waals surface area contributed by atoms with Crippen LogP contribution in [0.5, 0.6) is 0 Å². The van der Waals surface area contributed by atoms with Crippen molar-refractivity contribution in [3.8, 4) is 0 Å². The molecular weight excluding hydrogens is 264 g/mol.